The molecule has 0 spiro atoms. The van der Waals surface area contributed by atoms with Crippen molar-refractivity contribution in [1.82, 2.24) is 5.48 Å². The van der Waals surface area contributed by atoms with Crippen LogP contribution in [0.1, 0.15) is 90.8 Å². The van der Waals surface area contributed by atoms with Crippen LogP contribution in [-0.4, -0.2) is 46.4 Å². The maximum atomic E-state index is 14.0. The van der Waals surface area contributed by atoms with Gasteiger partial charge in [-0.15, -0.1) is 0 Å². The van der Waals surface area contributed by atoms with Crippen molar-refractivity contribution >= 4 is 8.60 Å². The summed E-state index contributed by atoms with van der Waals surface area (Å²) in [4.78, 5) is 0. The Morgan fingerprint density at radius 1 is 0.860 bits per heavy atom. The third-order valence-electron chi connectivity index (χ3n) is 6.37. The topological polar surface area (TPSA) is 89.4 Å². The minimum Gasteiger partial charge on any atom is -0.493 e. The summed E-state index contributed by atoms with van der Waals surface area (Å²) in [6.07, 6.45) is -2.92. The van der Waals surface area contributed by atoms with Crippen LogP contribution in [-0.2, 0) is 32.6 Å². The van der Waals surface area contributed by atoms with E-state index in [0.717, 1.165) is 11.6 Å². The maximum absolute atomic E-state index is 14.0. The number of benzene rings is 2. The number of hydrogen-bond donors (Lipinski definition) is 3. The molecule has 0 aliphatic carbocycles. The van der Waals surface area contributed by atoms with Gasteiger partial charge in [0, 0.05) is 0 Å². The molecule has 0 saturated carbocycles. The highest BCUT2D eigenvalue weighted by Gasteiger charge is 2.37. The average Bonchev–Trinajstić information content (AvgIpc) is 2.89. The molecule has 0 amide bonds. The van der Waals surface area contributed by atoms with Gasteiger partial charge in [-0.25, -0.2) is 0 Å². The molecule has 2 rings (SSSR count). The van der Waals surface area contributed by atoms with E-state index in [1.807, 2.05) is 71.9 Å². The van der Waals surface area contributed by atoms with Crippen molar-refractivity contribution in [2.45, 2.75) is 116 Å². The molecule has 0 aliphatic rings. The van der Waals surface area contributed by atoms with Crippen molar-refractivity contribution in [3.63, 3.8) is 0 Å². The van der Waals surface area contributed by atoms with Gasteiger partial charge in [-0.2, -0.15) is 18.7 Å². The predicted octanol–water partition coefficient (Wildman–Crippen LogP) is 8.40. The number of halogens is 3. The van der Waals surface area contributed by atoms with Crippen LogP contribution in [0, 0.1) is 0 Å². The molecule has 0 saturated heterocycles. The summed E-state index contributed by atoms with van der Waals surface area (Å²) in [6, 6.07) is 13.8. The second-order valence-corrected chi connectivity index (χ2v) is 14.0. The van der Waals surface area contributed by atoms with Gasteiger partial charge in [0.25, 0.3) is 0 Å². The van der Waals surface area contributed by atoms with Crippen LogP contribution < -0.4 is 10.2 Å². The van der Waals surface area contributed by atoms with Gasteiger partial charge >= 0.3 is 14.8 Å². The Kier molecular flexibility index (Phi) is 14.4. The van der Waals surface area contributed by atoms with E-state index in [2.05, 4.69) is 5.48 Å². The molecule has 244 valence electrons. The summed E-state index contributed by atoms with van der Waals surface area (Å²) in [5.41, 5.74) is 0.824. The summed E-state index contributed by atoms with van der Waals surface area (Å²) < 4.78 is 65.7. The molecule has 0 heterocycles. The van der Waals surface area contributed by atoms with Crippen molar-refractivity contribution in [1.29, 1.82) is 0 Å². The van der Waals surface area contributed by atoms with Gasteiger partial charge < -0.3 is 28.6 Å². The van der Waals surface area contributed by atoms with Gasteiger partial charge in [0.05, 0.1) is 41.6 Å². The van der Waals surface area contributed by atoms with Crippen molar-refractivity contribution in [3.05, 3.63) is 65.2 Å². The van der Waals surface area contributed by atoms with E-state index < -0.39 is 43.2 Å². The third kappa shape index (κ3) is 14.7. The first-order chi connectivity index (χ1) is 19.9. The molecule has 0 aliphatic heterocycles. The number of ether oxygens (including phenoxy) is 1. The van der Waals surface area contributed by atoms with E-state index >= 15 is 0 Å². The first-order valence-electron chi connectivity index (χ1n) is 14.7. The summed E-state index contributed by atoms with van der Waals surface area (Å²) in [6.45, 7) is 13.0. The molecule has 0 aromatic heterocycles. The van der Waals surface area contributed by atoms with Gasteiger partial charge in [-0.3, -0.25) is 0 Å². The highest BCUT2D eigenvalue weighted by molar-refractivity contribution is 7.41. The molecular formula is C32H49F3NO6P. The molecule has 0 radical (unpaired) electrons. The summed E-state index contributed by atoms with van der Waals surface area (Å²) in [5, 5.41) is 20.2. The molecule has 0 bridgehead atoms. The van der Waals surface area contributed by atoms with Crippen molar-refractivity contribution in [2.24, 2.45) is 0 Å². The normalized spacial score (nSPS) is 15.0. The number of aliphatic hydroxyl groups excluding tert-OH is 1. The van der Waals surface area contributed by atoms with Gasteiger partial charge in [-0.05, 0) is 110 Å². The Morgan fingerprint density at radius 2 is 1.49 bits per heavy atom. The third-order valence-corrected chi connectivity index (χ3v) is 8.11. The number of hydrogen-bond acceptors (Lipinski definition) is 7. The average molecular weight is 632 g/mol. The molecule has 2 aromatic rings. The fourth-order valence-corrected chi connectivity index (χ4v) is 5.55. The first-order valence-corrected chi connectivity index (χ1v) is 15.8. The number of hydroxylamine groups is 1. The minimum atomic E-state index is -4.60. The zero-order chi connectivity index (χ0) is 32.3. The molecule has 2 atom stereocenters. The van der Waals surface area contributed by atoms with Crippen molar-refractivity contribution in [3.8, 4) is 5.75 Å². The Bertz CT molecular complexity index is 1070. The highest BCUT2D eigenvalue weighted by Crippen LogP contribution is 2.48. The lowest BCUT2D eigenvalue weighted by molar-refractivity contribution is -0.139. The molecule has 3 N–H and O–H groups in total. The largest absolute Gasteiger partial charge is 0.493 e. The lowest BCUT2D eigenvalue weighted by atomic mass is 9.87. The van der Waals surface area contributed by atoms with Crippen LogP contribution >= 0.6 is 8.60 Å². The fourth-order valence-electron chi connectivity index (χ4n) is 4.16. The number of alkyl halides is 3. The predicted molar refractivity (Wildman–Crippen MR) is 163 cm³/mol. The summed E-state index contributed by atoms with van der Waals surface area (Å²) >= 11 is 0. The van der Waals surface area contributed by atoms with E-state index in [0.29, 0.717) is 31.2 Å². The second-order valence-electron chi connectivity index (χ2n) is 13.0. The molecule has 11 heteroatoms. The van der Waals surface area contributed by atoms with Crippen LogP contribution in [0.25, 0.3) is 0 Å². The number of aryl methyl sites for hydroxylation is 2. The molecule has 7 nitrogen and oxygen atoms in total. The Hall–Kier alpha value is -1.78. The molecule has 43 heavy (non-hydrogen) atoms. The number of nitrogens with one attached hydrogen (secondary N) is 1. The van der Waals surface area contributed by atoms with E-state index in [-0.39, 0.29) is 31.8 Å². The Morgan fingerprint density at radius 3 is 2.02 bits per heavy atom. The van der Waals surface area contributed by atoms with Crippen LogP contribution in [0.4, 0.5) is 13.2 Å². The van der Waals surface area contributed by atoms with Crippen LogP contribution in [0.2, 0.25) is 0 Å². The molecule has 0 fully saturated rings. The van der Waals surface area contributed by atoms with Gasteiger partial charge in [0.2, 0.25) is 0 Å². The first kappa shape index (κ1) is 37.4. The number of rotatable bonds is 17. The number of aliphatic hydroxyl groups is 1. The van der Waals surface area contributed by atoms with E-state index in [1.165, 1.54) is 6.07 Å². The minimum absolute atomic E-state index is 0.0528. The van der Waals surface area contributed by atoms with Gasteiger partial charge in [-0.1, -0.05) is 36.4 Å². The monoisotopic (exact) mass is 631 g/mol. The Labute approximate surface area is 256 Å². The standard InChI is InChI=1S/C32H49F3NO6P/c1-24(37)17-19-31(36-38,23-40-43(41-29(2,3)4)42-30(5,6)7)20-18-26-15-16-28(27(22-26)32(33,34)35)39-21-11-14-25-12-9-8-10-13-25/h8-10,12-13,15-16,22,24,36-38H,11,14,17-21,23H2,1-7H3. The lowest BCUT2D eigenvalue weighted by Crippen LogP contribution is -2.48. The van der Waals surface area contributed by atoms with E-state index in [9.17, 15) is 23.5 Å². The molecule has 2 unspecified atom stereocenters. The molecular weight excluding hydrogens is 582 g/mol. The maximum Gasteiger partial charge on any atom is 0.419 e. The quantitative estimate of drug-likeness (QED) is 0.0918. The Balaban J connectivity index is 2.18. The summed E-state index contributed by atoms with van der Waals surface area (Å²) in [7, 11) is -1.82. The van der Waals surface area contributed by atoms with Crippen LogP contribution in [0.15, 0.2) is 48.5 Å². The highest BCUT2D eigenvalue weighted by atomic mass is 31.2. The van der Waals surface area contributed by atoms with Crippen molar-refractivity contribution in [2.75, 3.05) is 13.2 Å². The zero-order valence-electron chi connectivity index (χ0n) is 26.5. The second kappa shape index (κ2) is 16.5. The lowest BCUT2D eigenvalue weighted by Gasteiger charge is -2.36. The van der Waals surface area contributed by atoms with Crippen molar-refractivity contribution < 1.29 is 41.8 Å². The zero-order valence-corrected chi connectivity index (χ0v) is 27.4. The fraction of sp³-hybridized carbons (Fsp3) is 0.625. The van der Waals surface area contributed by atoms with Gasteiger partial charge in [0.15, 0.2) is 0 Å². The van der Waals surface area contributed by atoms with Crippen LogP contribution in [0.5, 0.6) is 5.75 Å². The van der Waals surface area contributed by atoms with E-state index in [4.69, 9.17) is 18.3 Å². The SMILES string of the molecule is CC(O)CCC(CCc1ccc(OCCCc2ccccc2)c(C(F)(F)F)c1)(COP(OC(C)(C)C)OC(C)(C)C)NO. The van der Waals surface area contributed by atoms with Crippen LogP contribution in [0.3, 0.4) is 0 Å². The summed E-state index contributed by atoms with van der Waals surface area (Å²) in [5.74, 6) is -0.211. The smallest absolute Gasteiger partial charge is 0.419 e. The molecule has 2 aromatic carbocycles. The van der Waals surface area contributed by atoms with E-state index in [1.54, 1.807) is 13.0 Å². The van der Waals surface area contributed by atoms with Gasteiger partial charge in [0.1, 0.15) is 5.75 Å².